The summed E-state index contributed by atoms with van der Waals surface area (Å²) in [7, 11) is 0. The Morgan fingerprint density at radius 1 is 1.25 bits per heavy atom. The molecule has 0 heterocycles. The maximum atomic E-state index is 12.1. The quantitative estimate of drug-likeness (QED) is 0.573. The Kier molecular flexibility index (Phi) is 2.50. The Bertz CT molecular complexity index is 275. The highest BCUT2D eigenvalue weighted by atomic mass is 19.1. The molecule has 66 valence electrons. The van der Waals surface area contributed by atoms with Gasteiger partial charge in [0.05, 0.1) is 17.4 Å². The second kappa shape index (κ2) is 3.40. The minimum atomic E-state index is -0.604. The largest absolute Gasteiger partial charge is 0.397 e. The summed E-state index contributed by atoms with van der Waals surface area (Å²) in [6.07, 6.45) is 0. The molecule has 6 N–H and O–H groups in total. The number of hydrogen-bond donors (Lipinski definition) is 3. The molecule has 0 saturated heterocycles. The zero-order chi connectivity index (χ0) is 9.14. The third-order valence-electron chi connectivity index (χ3n) is 1.71. The van der Waals surface area contributed by atoms with Crippen molar-refractivity contribution in [3.63, 3.8) is 0 Å². The Labute approximate surface area is 70.3 Å². The minimum Gasteiger partial charge on any atom is -0.397 e. The highest BCUT2D eigenvalue weighted by molar-refractivity contribution is 5.64. The maximum absolute atomic E-state index is 12.1. The van der Waals surface area contributed by atoms with E-state index in [0.29, 0.717) is 16.9 Å². The highest BCUT2D eigenvalue weighted by Crippen LogP contribution is 2.19. The summed E-state index contributed by atoms with van der Waals surface area (Å²) >= 11 is 0. The van der Waals surface area contributed by atoms with Gasteiger partial charge in [0.2, 0.25) is 0 Å². The van der Waals surface area contributed by atoms with E-state index in [4.69, 9.17) is 17.2 Å². The summed E-state index contributed by atoms with van der Waals surface area (Å²) in [5, 5.41) is 0. The predicted molar refractivity (Wildman–Crippen MR) is 48.2 cm³/mol. The molecule has 12 heavy (non-hydrogen) atoms. The van der Waals surface area contributed by atoms with Crippen LogP contribution in [0.1, 0.15) is 11.6 Å². The third-order valence-corrected chi connectivity index (χ3v) is 1.71. The molecule has 3 nitrogen and oxygen atoms in total. The van der Waals surface area contributed by atoms with Crippen LogP contribution in [0.4, 0.5) is 15.8 Å². The first-order valence-electron chi connectivity index (χ1n) is 3.61. The molecule has 0 radical (unpaired) electrons. The Hall–Kier alpha value is -1.29. The molecule has 0 aliphatic heterocycles. The number of anilines is 2. The summed E-state index contributed by atoms with van der Waals surface area (Å²) in [6, 6.07) is 4.29. The Morgan fingerprint density at radius 2 is 1.92 bits per heavy atom. The lowest BCUT2D eigenvalue weighted by molar-refractivity contribution is 0.437. The fourth-order valence-electron chi connectivity index (χ4n) is 0.913. The van der Waals surface area contributed by atoms with Gasteiger partial charge in [-0.15, -0.1) is 0 Å². The van der Waals surface area contributed by atoms with Crippen LogP contribution >= 0.6 is 0 Å². The molecule has 1 rings (SSSR count). The molecule has 0 aromatic heterocycles. The topological polar surface area (TPSA) is 78.1 Å². The highest BCUT2D eigenvalue weighted by Gasteiger charge is 2.05. The van der Waals surface area contributed by atoms with E-state index < -0.39 is 12.7 Å². The summed E-state index contributed by atoms with van der Waals surface area (Å²) in [5.74, 6) is 0. The molecule has 1 aromatic carbocycles. The zero-order valence-electron chi connectivity index (χ0n) is 6.63. The normalized spacial score (nSPS) is 12.8. The molecule has 0 spiro atoms. The SMILES string of the molecule is Nc1ccc(C(N)CF)cc1N. The van der Waals surface area contributed by atoms with Gasteiger partial charge < -0.3 is 17.2 Å². The van der Waals surface area contributed by atoms with Gasteiger partial charge in [-0.2, -0.15) is 0 Å². The fraction of sp³-hybridized carbons (Fsp3) is 0.250. The minimum absolute atomic E-state index is 0.441. The van der Waals surface area contributed by atoms with Gasteiger partial charge in [-0.25, -0.2) is 4.39 Å². The lowest BCUT2D eigenvalue weighted by Gasteiger charge is -2.08. The van der Waals surface area contributed by atoms with Crippen LogP contribution in [-0.4, -0.2) is 6.67 Å². The van der Waals surface area contributed by atoms with E-state index in [2.05, 4.69) is 0 Å². The number of nitrogen functional groups attached to an aromatic ring is 2. The number of rotatable bonds is 2. The second-order valence-electron chi connectivity index (χ2n) is 2.65. The lowest BCUT2D eigenvalue weighted by Crippen LogP contribution is -2.12. The van der Waals surface area contributed by atoms with Crippen molar-refractivity contribution in [3.05, 3.63) is 23.8 Å². The molecule has 0 amide bonds. The number of hydrogen-bond acceptors (Lipinski definition) is 3. The average Bonchev–Trinajstić information content (AvgIpc) is 2.08. The molecule has 1 aromatic rings. The first-order chi connectivity index (χ1) is 5.65. The Balaban J connectivity index is 2.96. The van der Waals surface area contributed by atoms with Crippen LogP contribution in [0.15, 0.2) is 18.2 Å². The van der Waals surface area contributed by atoms with Gasteiger partial charge in [0.15, 0.2) is 0 Å². The molecule has 4 heteroatoms. The van der Waals surface area contributed by atoms with Crippen molar-refractivity contribution in [1.82, 2.24) is 0 Å². The van der Waals surface area contributed by atoms with Gasteiger partial charge in [-0.05, 0) is 17.7 Å². The van der Waals surface area contributed by atoms with Gasteiger partial charge in [0.25, 0.3) is 0 Å². The number of benzene rings is 1. The van der Waals surface area contributed by atoms with Crippen LogP contribution in [0.3, 0.4) is 0 Å². The lowest BCUT2D eigenvalue weighted by atomic mass is 10.1. The smallest absolute Gasteiger partial charge is 0.109 e. The number of nitrogens with two attached hydrogens (primary N) is 3. The van der Waals surface area contributed by atoms with Crippen molar-refractivity contribution in [1.29, 1.82) is 0 Å². The molecule has 0 aliphatic rings. The molecule has 0 aliphatic carbocycles. The van der Waals surface area contributed by atoms with Gasteiger partial charge in [0, 0.05) is 0 Å². The van der Waals surface area contributed by atoms with Crippen LogP contribution in [-0.2, 0) is 0 Å². The van der Waals surface area contributed by atoms with Crippen molar-refractivity contribution in [3.8, 4) is 0 Å². The summed E-state index contributed by atoms with van der Waals surface area (Å²) in [5.41, 5.74) is 18.0. The van der Waals surface area contributed by atoms with Gasteiger partial charge in [-0.3, -0.25) is 0 Å². The first kappa shape index (κ1) is 8.80. The molecular weight excluding hydrogens is 157 g/mol. The zero-order valence-corrected chi connectivity index (χ0v) is 6.63. The number of alkyl halides is 1. The van der Waals surface area contributed by atoms with Gasteiger partial charge in [0.1, 0.15) is 6.67 Å². The molecule has 0 bridgehead atoms. The third kappa shape index (κ3) is 1.65. The predicted octanol–water partition coefficient (Wildman–Crippen LogP) is 0.820. The fourth-order valence-corrected chi connectivity index (χ4v) is 0.913. The van der Waals surface area contributed by atoms with Gasteiger partial charge >= 0.3 is 0 Å². The average molecular weight is 169 g/mol. The van der Waals surface area contributed by atoms with E-state index >= 15 is 0 Å². The van der Waals surface area contributed by atoms with Crippen molar-refractivity contribution in [2.45, 2.75) is 6.04 Å². The van der Waals surface area contributed by atoms with Crippen molar-refractivity contribution >= 4 is 11.4 Å². The van der Waals surface area contributed by atoms with Crippen LogP contribution in [0.5, 0.6) is 0 Å². The van der Waals surface area contributed by atoms with Crippen LogP contribution in [0, 0.1) is 0 Å². The van der Waals surface area contributed by atoms with Crippen molar-refractivity contribution < 1.29 is 4.39 Å². The van der Waals surface area contributed by atoms with Crippen LogP contribution < -0.4 is 17.2 Å². The van der Waals surface area contributed by atoms with E-state index in [1.54, 1.807) is 18.2 Å². The maximum Gasteiger partial charge on any atom is 0.109 e. The van der Waals surface area contributed by atoms with E-state index in [9.17, 15) is 4.39 Å². The van der Waals surface area contributed by atoms with Gasteiger partial charge in [-0.1, -0.05) is 6.07 Å². The molecule has 0 saturated carbocycles. The van der Waals surface area contributed by atoms with Crippen LogP contribution in [0.25, 0.3) is 0 Å². The molecule has 1 unspecified atom stereocenters. The van der Waals surface area contributed by atoms with Crippen molar-refractivity contribution in [2.75, 3.05) is 18.1 Å². The molecule has 0 fully saturated rings. The van der Waals surface area contributed by atoms with E-state index in [1.807, 2.05) is 0 Å². The molecule has 1 atom stereocenters. The second-order valence-corrected chi connectivity index (χ2v) is 2.65. The molecular formula is C8H12FN3. The Morgan fingerprint density at radius 3 is 2.42 bits per heavy atom. The summed E-state index contributed by atoms with van der Waals surface area (Å²) < 4.78 is 12.1. The number of halogens is 1. The first-order valence-corrected chi connectivity index (χ1v) is 3.61. The monoisotopic (exact) mass is 169 g/mol. The summed E-state index contributed by atoms with van der Waals surface area (Å²) in [4.78, 5) is 0. The summed E-state index contributed by atoms with van der Waals surface area (Å²) in [6.45, 7) is -0.594. The van der Waals surface area contributed by atoms with Crippen molar-refractivity contribution in [2.24, 2.45) is 5.73 Å². The van der Waals surface area contributed by atoms with E-state index in [-0.39, 0.29) is 0 Å². The standard InChI is InChI=1S/C8H12FN3/c9-4-8(12)5-1-2-6(10)7(11)3-5/h1-3,8H,4,10-12H2. The van der Waals surface area contributed by atoms with E-state index in [0.717, 1.165) is 0 Å². The van der Waals surface area contributed by atoms with Crippen LogP contribution in [0.2, 0.25) is 0 Å². The van der Waals surface area contributed by atoms with E-state index in [1.165, 1.54) is 0 Å².